The summed E-state index contributed by atoms with van der Waals surface area (Å²) in [7, 11) is 2.84. The van der Waals surface area contributed by atoms with E-state index in [0.717, 1.165) is 11.3 Å². The average molecular weight is 432 g/mol. The van der Waals surface area contributed by atoms with E-state index in [4.69, 9.17) is 9.47 Å². The van der Waals surface area contributed by atoms with E-state index in [0.29, 0.717) is 20.9 Å². The van der Waals surface area contributed by atoms with Crippen LogP contribution in [0.3, 0.4) is 0 Å². The van der Waals surface area contributed by atoms with Gasteiger partial charge in [0.1, 0.15) is 5.75 Å². The molecule has 0 spiro atoms. The summed E-state index contributed by atoms with van der Waals surface area (Å²) in [4.78, 5) is 22.9. The number of rotatable bonds is 8. The fraction of sp³-hybridized carbons (Fsp3) is 0.167. The number of carbonyl (C=O) groups excluding carboxylic acids is 1. The summed E-state index contributed by atoms with van der Waals surface area (Å²) in [5, 5.41) is 23.0. The molecule has 0 aliphatic heterocycles. The molecule has 9 nitrogen and oxygen atoms in total. The molecule has 1 heterocycles. The maximum atomic E-state index is 12.0. The molecule has 0 saturated carbocycles. The zero-order valence-corrected chi connectivity index (χ0v) is 17.1. The van der Waals surface area contributed by atoms with Crippen LogP contribution in [0.25, 0.3) is 0 Å². The van der Waals surface area contributed by atoms with Crippen molar-refractivity contribution in [2.75, 3.05) is 19.5 Å². The fourth-order valence-corrected chi connectivity index (χ4v) is 4.13. The van der Waals surface area contributed by atoms with Crippen molar-refractivity contribution in [3.63, 3.8) is 0 Å². The minimum absolute atomic E-state index is 0.106. The van der Waals surface area contributed by atoms with Crippen LogP contribution in [-0.2, 0) is 11.3 Å². The Morgan fingerprint density at radius 1 is 1.21 bits per heavy atom. The number of nitro benzene ring substituents is 1. The number of anilines is 1. The number of carbonyl (C=O) groups is 1. The zero-order chi connectivity index (χ0) is 20.8. The first kappa shape index (κ1) is 20.6. The highest BCUT2D eigenvalue weighted by atomic mass is 32.2. The van der Waals surface area contributed by atoms with Crippen LogP contribution in [0.1, 0.15) is 15.9 Å². The molecule has 0 saturated heterocycles. The van der Waals surface area contributed by atoms with E-state index < -0.39 is 10.9 Å². The standard InChI is InChI=1S/C18H16N4O5S2/c1-26-13-6-3-11(4-7-13)10-19-17-20-21-18(29-17)28-15-8-5-12(22(24)25)9-14(15)16(23)27-2/h3-9H,10H2,1-2H3,(H,19,20). The second-order valence-electron chi connectivity index (χ2n) is 5.61. The van der Waals surface area contributed by atoms with Gasteiger partial charge in [0.15, 0.2) is 4.34 Å². The van der Waals surface area contributed by atoms with Crippen molar-refractivity contribution in [1.82, 2.24) is 10.2 Å². The summed E-state index contributed by atoms with van der Waals surface area (Å²) in [6.07, 6.45) is 0. The van der Waals surface area contributed by atoms with Crippen molar-refractivity contribution in [3.05, 3.63) is 63.7 Å². The largest absolute Gasteiger partial charge is 0.497 e. The third kappa shape index (κ3) is 5.21. The highest BCUT2D eigenvalue weighted by Crippen LogP contribution is 2.35. The molecule has 1 N–H and O–H groups in total. The smallest absolute Gasteiger partial charge is 0.339 e. The summed E-state index contributed by atoms with van der Waals surface area (Å²) in [6.45, 7) is 0.564. The number of hydrogen-bond donors (Lipinski definition) is 1. The lowest BCUT2D eigenvalue weighted by atomic mass is 10.2. The maximum absolute atomic E-state index is 12.0. The molecule has 0 unspecified atom stereocenters. The number of nitro groups is 1. The van der Waals surface area contributed by atoms with Gasteiger partial charge in [-0.15, -0.1) is 10.2 Å². The van der Waals surface area contributed by atoms with Gasteiger partial charge < -0.3 is 14.8 Å². The number of benzene rings is 2. The second-order valence-corrected chi connectivity index (χ2v) is 7.87. The molecule has 1 aromatic heterocycles. The van der Waals surface area contributed by atoms with E-state index >= 15 is 0 Å². The Kier molecular flexibility index (Phi) is 6.62. The van der Waals surface area contributed by atoms with E-state index in [2.05, 4.69) is 15.5 Å². The summed E-state index contributed by atoms with van der Waals surface area (Å²) in [5.74, 6) is 0.131. The van der Waals surface area contributed by atoms with E-state index in [1.165, 1.54) is 48.4 Å². The Labute approximate surface area is 174 Å². The minimum Gasteiger partial charge on any atom is -0.497 e. The molecule has 0 aliphatic rings. The van der Waals surface area contributed by atoms with Crippen LogP contribution in [0, 0.1) is 10.1 Å². The lowest BCUT2D eigenvalue weighted by Gasteiger charge is -2.05. The zero-order valence-electron chi connectivity index (χ0n) is 15.4. The van der Waals surface area contributed by atoms with E-state index in [9.17, 15) is 14.9 Å². The molecule has 3 rings (SSSR count). The normalized spacial score (nSPS) is 10.4. The van der Waals surface area contributed by atoms with Crippen molar-refractivity contribution < 1.29 is 19.2 Å². The highest BCUT2D eigenvalue weighted by molar-refractivity contribution is 8.01. The lowest BCUT2D eigenvalue weighted by molar-refractivity contribution is -0.384. The first-order valence-corrected chi connectivity index (χ1v) is 9.88. The van der Waals surface area contributed by atoms with Crippen molar-refractivity contribution >= 4 is 39.9 Å². The molecule has 0 radical (unpaired) electrons. The average Bonchev–Trinajstić information content (AvgIpc) is 3.19. The van der Waals surface area contributed by atoms with Crippen LogP contribution in [0.15, 0.2) is 51.7 Å². The monoisotopic (exact) mass is 432 g/mol. The molecule has 0 amide bonds. The quantitative estimate of drug-likeness (QED) is 0.320. The number of hydrogen-bond acceptors (Lipinski definition) is 10. The molecule has 11 heteroatoms. The predicted molar refractivity (Wildman–Crippen MR) is 109 cm³/mol. The maximum Gasteiger partial charge on any atom is 0.339 e. The SMILES string of the molecule is COC(=O)c1cc([N+](=O)[O-])ccc1Sc1nnc(NCc2ccc(OC)cc2)s1. The van der Waals surface area contributed by atoms with E-state index in [1.54, 1.807) is 7.11 Å². The molecule has 150 valence electrons. The Balaban J connectivity index is 1.70. The molecule has 0 bridgehead atoms. The highest BCUT2D eigenvalue weighted by Gasteiger charge is 2.19. The summed E-state index contributed by atoms with van der Waals surface area (Å²) in [6, 6.07) is 11.7. The van der Waals surface area contributed by atoms with Gasteiger partial charge in [-0.05, 0) is 23.8 Å². The van der Waals surface area contributed by atoms with Crippen molar-refractivity contribution in [3.8, 4) is 5.75 Å². The third-order valence-electron chi connectivity index (χ3n) is 3.79. The summed E-state index contributed by atoms with van der Waals surface area (Å²) in [5.41, 5.74) is 0.974. The van der Waals surface area contributed by atoms with Crippen LogP contribution >= 0.6 is 23.1 Å². The Bertz CT molecular complexity index is 1020. The molecule has 0 aliphatic carbocycles. The minimum atomic E-state index is -0.654. The van der Waals surface area contributed by atoms with Crippen LogP contribution in [-0.4, -0.2) is 35.3 Å². The number of nitrogens with one attached hydrogen (secondary N) is 1. The molecular formula is C18H16N4O5S2. The molecule has 3 aromatic rings. The van der Waals surface area contributed by atoms with Crippen molar-refractivity contribution in [2.45, 2.75) is 15.8 Å². The van der Waals surface area contributed by atoms with Gasteiger partial charge >= 0.3 is 5.97 Å². The number of esters is 1. The molecule has 2 aromatic carbocycles. The van der Waals surface area contributed by atoms with Crippen molar-refractivity contribution in [2.24, 2.45) is 0 Å². The predicted octanol–water partition coefficient (Wildman–Crippen LogP) is 4.00. The number of methoxy groups -OCH3 is 2. The van der Waals surface area contributed by atoms with Gasteiger partial charge in [-0.3, -0.25) is 10.1 Å². The number of non-ortho nitro benzene ring substituents is 1. The summed E-state index contributed by atoms with van der Waals surface area (Å²) >= 11 is 2.50. The number of aromatic nitrogens is 2. The van der Waals surface area contributed by atoms with Gasteiger partial charge in [0.2, 0.25) is 5.13 Å². The third-order valence-corrected chi connectivity index (χ3v) is 5.79. The van der Waals surface area contributed by atoms with Crippen LogP contribution in [0.2, 0.25) is 0 Å². The van der Waals surface area contributed by atoms with Crippen LogP contribution in [0.5, 0.6) is 5.75 Å². The molecule has 0 fully saturated rings. The van der Waals surface area contributed by atoms with Gasteiger partial charge in [-0.25, -0.2) is 4.79 Å². The molecule has 0 atom stereocenters. The topological polar surface area (TPSA) is 116 Å². The van der Waals surface area contributed by atoms with Crippen LogP contribution < -0.4 is 10.1 Å². The summed E-state index contributed by atoms with van der Waals surface area (Å²) < 4.78 is 10.4. The fourth-order valence-electron chi connectivity index (χ4n) is 2.33. The lowest BCUT2D eigenvalue weighted by Crippen LogP contribution is -2.04. The van der Waals surface area contributed by atoms with E-state index in [1.807, 2.05) is 24.3 Å². The number of ether oxygens (including phenoxy) is 2. The Hall–Kier alpha value is -3.18. The number of nitrogens with zero attached hydrogens (tertiary/aromatic N) is 3. The Morgan fingerprint density at radius 2 is 1.97 bits per heavy atom. The van der Waals surface area contributed by atoms with Gasteiger partial charge in [0.25, 0.3) is 5.69 Å². The van der Waals surface area contributed by atoms with E-state index in [-0.39, 0.29) is 11.3 Å². The van der Waals surface area contributed by atoms with Gasteiger partial charge in [0, 0.05) is 23.6 Å². The van der Waals surface area contributed by atoms with Crippen LogP contribution in [0.4, 0.5) is 10.8 Å². The first-order valence-electron chi connectivity index (χ1n) is 8.25. The van der Waals surface area contributed by atoms with Gasteiger partial charge in [-0.2, -0.15) is 0 Å². The first-order chi connectivity index (χ1) is 14.0. The Morgan fingerprint density at radius 3 is 2.62 bits per heavy atom. The van der Waals surface area contributed by atoms with Gasteiger partial charge in [0.05, 0.1) is 24.7 Å². The molecular weight excluding hydrogens is 416 g/mol. The molecule has 29 heavy (non-hydrogen) atoms. The van der Waals surface area contributed by atoms with Gasteiger partial charge in [-0.1, -0.05) is 35.2 Å². The van der Waals surface area contributed by atoms with Crippen molar-refractivity contribution in [1.29, 1.82) is 0 Å². The second kappa shape index (κ2) is 9.34.